The highest BCUT2D eigenvalue weighted by Crippen LogP contribution is 2.29. The number of hydrogen-bond acceptors (Lipinski definition) is 2. The van der Waals surface area contributed by atoms with Crippen molar-refractivity contribution < 1.29 is 4.39 Å². The Hall–Kier alpha value is -0.540. The Labute approximate surface area is 116 Å². The van der Waals surface area contributed by atoms with Gasteiger partial charge in [0.1, 0.15) is 5.82 Å². The van der Waals surface area contributed by atoms with Crippen LogP contribution in [0.3, 0.4) is 0 Å². The lowest BCUT2D eigenvalue weighted by molar-refractivity contribution is 0.179. The number of rotatable bonds is 7. The van der Waals surface area contributed by atoms with E-state index in [0.717, 1.165) is 37.2 Å². The van der Waals surface area contributed by atoms with Crippen molar-refractivity contribution in [2.24, 2.45) is 5.41 Å². The maximum absolute atomic E-state index is 13.1. The molecule has 1 rings (SSSR count). The van der Waals surface area contributed by atoms with Crippen molar-refractivity contribution in [2.45, 2.75) is 33.2 Å². The van der Waals surface area contributed by atoms with Gasteiger partial charge in [-0.05, 0) is 48.8 Å². The second-order valence-electron chi connectivity index (χ2n) is 5.17. The third-order valence-electron chi connectivity index (χ3n) is 3.78. The summed E-state index contributed by atoms with van der Waals surface area (Å²) in [7, 11) is 2.09. The Balaban J connectivity index is 2.63. The van der Waals surface area contributed by atoms with Gasteiger partial charge in [0, 0.05) is 13.1 Å². The fourth-order valence-electron chi connectivity index (χ4n) is 2.32. The quantitative estimate of drug-likeness (QED) is 0.732. The van der Waals surface area contributed by atoms with Crippen LogP contribution >= 0.6 is 12.6 Å². The molecule has 0 spiro atoms. The molecule has 0 radical (unpaired) electrons. The summed E-state index contributed by atoms with van der Waals surface area (Å²) in [6.45, 7) is 6.22. The summed E-state index contributed by atoms with van der Waals surface area (Å²) in [5.74, 6) is 0.736. The predicted octanol–water partition coefficient (Wildman–Crippen LogP) is 3.99. The number of hydrogen-bond donors (Lipinski definition) is 1. The van der Waals surface area contributed by atoms with E-state index < -0.39 is 0 Å². The lowest BCUT2D eigenvalue weighted by Crippen LogP contribution is -2.36. The molecule has 1 nitrogen and oxygen atoms in total. The molecule has 0 saturated heterocycles. The average molecular weight is 269 g/mol. The highest BCUT2D eigenvalue weighted by Gasteiger charge is 2.25. The molecular formula is C15H24FNS. The topological polar surface area (TPSA) is 3.24 Å². The first-order valence-electron chi connectivity index (χ1n) is 6.59. The number of benzene rings is 1. The Morgan fingerprint density at radius 3 is 2.44 bits per heavy atom. The van der Waals surface area contributed by atoms with Crippen molar-refractivity contribution in [3.63, 3.8) is 0 Å². The van der Waals surface area contributed by atoms with Gasteiger partial charge >= 0.3 is 0 Å². The fourth-order valence-corrected chi connectivity index (χ4v) is 2.87. The van der Waals surface area contributed by atoms with Crippen LogP contribution in [-0.4, -0.2) is 24.2 Å². The monoisotopic (exact) mass is 269 g/mol. The molecule has 0 aliphatic rings. The highest BCUT2D eigenvalue weighted by atomic mass is 32.1. The lowest BCUT2D eigenvalue weighted by atomic mass is 9.84. The van der Waals surface area contributed by atoms with Crippen molar-refractivity contribution in [3.05, 3.63) is 35.6 Å². The molecule has 3 heteroatoms. The first-order chi connectivity index (χ1) is 8.55. The van der Waals surface area contributed by atoms with Crippen LogP contribution in [0, 0.1) is 11.2 Å². The van der Waals surface area contributed by atoms with Crippen molar-refractivity contribution >= 4 is 12.6 Å². The van der Waals surface area contributed by atoms with E-state index in [1.165, 1.54) is 6.07 Å². The van der Waals surface area contributed by atoms with Gasteiger partial charge in [-0.15, -0.1) is 0 Å². The highest BCUT2D eigenvalue weighted by molar-refractivity contribution is 7.80. The van der Waals surface area contributed by atoms with E-state index in [9.17, 15) is 4.39 Å². The second-order valence-corrected chi connectivity index (χ2v) is 5.48. The van der Waals surface area contributed by atoms with Crippen LogP contribution in [0.25, 0.3) is 0 Å². The first-order valence-corrected chi connectivity index (χ1v) is 7.22. The summed E-state index contributed by atoms with van der Waals surface area (Å²) in [5, 5.41) is 0. The van der Waals surface area contributed by atoms with Crippen LogP contribution in [0.2, 0.25) is 0 Å². The minimum absolute atomic E-state index is 0.160. The molecule has 0 bridgehead atoms. The van der Waals surface area contributed by atoms with Gasteiger partial charge in [-0.1, -0.05) is 26.0 Å². The summed E-state index contributed by atoms with van der Waals surface area (Å²) >= 11 is 4.49. The van der Waals surface area contributed by atoms with Gasteiger partial charge in [-0.3, -0.25) is 0 Å². The van der Waals surface area contributed by atoms with Gasteiger partial charge in [0.25, 0.3) is 0 Å². The van der Waals surface area contributed by atoms with Crippen LogP contribution in [0.15, 0.2) is 24.3 Å². The standard InChI is InChI=1S/C15H24FNS/c1-4-15(5-2,12-18)11-17(3)10-13-7-6-8-14(16)9-13/h6-9,18H,4-5,10-12H2,1-3H3. The molecule has 0 heterocycles. The number of thiol groups is 1. The van der Waals surface area contributed by atoms with Gasteiger partial charge in [-0.25, -0.2) is 4.39 Å². The van der Waals surface area contributed by atoms with Crippen LogP contribution in [0.4, 0.5) is 4.39 Å². The summed E-state index contributed by atoms with van der Waals surface area (Å²) in [6.07, 6.45) is 2.25. The zero-order chi connectivity index (χ0) is 13.6. The van der Waals surface area contributed by atoms with Gasteiger partial charge in [-0.2, -0.15) is 12.6 Å². The normalized spacial score (nSPS) is 12.1. The third-order valence-corrected chi connectivity index (χ3v) is 4.45. The van der Waals surface area contributed by atoms with Gasteiger partial charge in [0.05, 0.1) is 0 Å². The minimum Gasteiger partial charge on any atom is -0.302 e. The minimum atomic E-state index is -0.160. The second kappa shape index (κ2) is 7.15. The summed E-state index contributed by atoms with van der Waals surface area (Å²) < 4.78 is 13.1. The molecule has 0 aromatic heterocycles. The maximum atomic E-state index is 13.1. The molecule has 0 N–H and O–H groups in total. The Bertz CT molecular complexity index is 355. The van der Waals surface area contributed by atoms with Crippen LogP contribution in [0.1, 0.15) is 32.3 Å². The Morgan fingerprint density at radius 2 is 1.94 bits per heavy atom. The number of halogens is 1. The van der Waals surface area contributed by atoms with E-state index in [1.54, 1.807) is 12.1 Å². The SMILES string of the molecule is CCC(CC)(CS)CN(C)Cc1cccc(F)c1. The summed E-state index contributed by atoms with van der Waals surface area (Å²) in [5.41, 5.74) is 1.29. The molecule has 0 aliphatic heterocycles. The Morgan fingerprint density at radius 1 is 1.28 bits per heavy atom. The predicted molar refractivity (Wildman–Crippen MR) is 79.6 cm³/mol. The third kappa shape index (κ3) is 4.29. The van der Waals surface area contributed by atoms with E-state index in [0.29, 0.717) is 0 Å². The van der Waals surface area contributed by atoms with Crippen LogP contribution in [0.5, 0.6) is 0 Å². The van der Waals surface area contributed by atoms with Crippen molar-refractivity contribution in [1.29, 1.82) is 0 Å². The van der Waals surface area contributed by atoms with Crippen molar-refractivity contribution in [3.8, 4) is 0 Å². The van der Waals surface area contributed by atoms with Crippen LogP contribution in [-0.2, 0) is 6.54 Å². The zero-order valence-electron chi connectivity index (χ0n) is 11.6. The maximum Gasteiger partial charge on any atom is 0.123 e. The Kier molecular flexibility index (Phi) is 6.16. The molecule has 1 aromatic carbocycles. The number of nitrogens with zero attached hydrogens (tertiary/aromatic N) is 1. The average Bonchev–Trinajstić information content (AvgIpc) is 2.36. The molecule has 1 aromatic rings. The van der Waals surface area contributed by atoms with Crippen LogP contribution < -0.4 is 0 Å². The molecule has 0 saturated carbocycles. The van der Waals surface area contributed by atoms with Crippen molar-refractivity contribution in [1.82, 2.24) is 4.90 Å². The van der Waals surface area contributed by atoms with E-state index in [4.69, 9.17) is 0 Å². The fraction of sp³-hybridized carbons (Fsp3) is 0.600. The molecule has 0 amide bonds. The largest absolute Gasteiger partial charge is 0.302 e. The summed E-state index contributed by atoms with van der Waals surface area (Å²) in [6, 6.07) is 6.83. The molecule has 18 heavy (non-hydrogen) atoms. The molecule has 0 aliphatic carbocycles. The molecule has 102 valence electrons. The molecule has 0 unspecified atom stereocenters. The molecule has 0 fully saturated rings. The lowest BCUT2D eigenvalue weighted by Gasteiger charge is -2.34. The molecule has 0 atom stereocenters. The first kappa shape index (κ1) is 15.5. The molecular weight excluding hydrogens is 245 g/mol. The van der Waals surface area contributed by atoms with E-state index in [2.05, 4.69) is 38.4 Å². The van der Waals surface area contributed by atoms with Gasteiger partial charge in [0.2, 0.25) is 0 Å². The van der Waals surface area contributed by atoms with Gasteiger partial charge < -0.3 is 4.90 Å². The smallest absolute Gasteiger partial charge is 0.123 e. The van der Waals surface area contributed by atoms with Gasteiger partial charge in [0.15, 0.2) is 0 Å². The zero-order valence-corrected chi connectivity index (χ0v) is 12.5. The van der Waals surface area contributed by atoms with E-state index in [-0.39, 0.29) is 11.2 Å². The van der Waals surface area contributed by atoms with Crippen molar-refractivity contribution in [2.75, 3.05) is 19.3 Å². The van der Waals surface area contributed by atoms with E-state index in [1.807, 2.05) is 6.07 Å². The van der Waals surface area contributed by atoms with E-state index >= 15 is 0 Å². The summed E-state index contributed by atoms with van der Waals surface area (Å²) in [4.78, 5) is 2.26.